The van der Waals surface area contributed by atoms with Crippen LogP contribution < -0.4 is 5.32 Å². The molecule has 0 amide bonds. The van der Waals surface area contributed by atoms with Crippen LogP contribution in [0.5, 0.6) is 0 Å². The highest BCUT2D eigenvalue weighted by atomic mass is 15.3. The summed E-state index contributed by atoms with van der Waals surface area (Å²) in [4.78, 5) is 0. The number of pyridine rings is 1. The molecule has 2 rings (SSSR count). The van der Waals surface area contributed by atoms with Gasteiger partial charge in [-0.05, 0) is 31.5 Å². The van der Waals surface area contributed by atoms with Crippen LogP contribution in [0, 0.1) is 5.92 Å². The number of aromatic nitrogens is 3. The molecule has 2 aromatic rings. The van der Waals surface area contributed by atoms with Crippen molar-refractivity contribution in [1.82, 2.24) is 19.9 Å². The standard InChI is InChI=1S/C13H20N4/c1-4-10(2)9-14-11(3)13-16-15-12-7-5-6-8-17(12)13/h5-8,10-11,14H,4,9H2,1-3H3/t10-,11-/m0/s1. The molecule has 0 saturated carbocycles. The number of nitrogens with zero attached hydrogens (tertiary/aromatic N) is 3. The second-order valence-corrected chi connectivity index (χ2v) is 4.63. The van der Waals surface area contributed by atoms with Crippen LogP contribution in [-0.2, 0) is 0 Å². The van der Waals surface area contributed by atoms with Gasteiger partial charge in [-0.25, -0.2) is 0 Å². The topological polar surface area (TPSA) is 42.2 Å². The Balaban J connectivity index is 2.11. The zero-order chi connectivity index (χ0) is 12.3. The molecule has 1 N–H and O–H groups in total. The third-order valence-electron chi connectivity index (χ3n) is 3.20. The summed E-state index contributed by atoms with van der Waals surface area (Å²) in [6, 6.07) is 6.17. The maximum Gasteiger partial charge on any atom is 0.160 e. The molecule has 4 heteroatoms. The van der Waals surface area contributed by atoms with E-state index in [1.165, 1.54) is 6.42 Å². The average molecular weight is 232 g/mol. The lowest BCUT2D eigenvalue weighted by Crippen LogP contribution is -2.25. The summed E-state index contributed by atoms with van der Waals surface area (Å²) in [5, 5.41) is 11.9. The van der Waals surface area contributed by atoms with Gasteiger partial charge in [-0.3, -0.25) is 4.40 Å². The second kappa shape index (κ2) is 5.27. The third-order valence-corrected chi connectivity index (χ3v) is 3.20. The minimum absolute atomic E-state index is 0.224. The first kappa shape index (κ1) is 12.0. The number of hydrogen-bond acceptors (Lipinski definition) is 3. The van der Waals surface area contributed by atoms with E-state index >= 15 is 0 Å². The monoisotopic (exact) mass is 232 g/mol. The van der Waals surface area contributed by atoms with Crippen molar-refractivity contribution in [3.63, 3.8) is 0 Å². The average Bonchev–Trinajstić information content (AvgIpc) is 2.79. The van der Waals surface area contributed by atoms with Crippen LogP contribution in [0.4, 0.5) is 0 Å². The summed E-state index contributed by atoms with van der Waals surface area (Å²) >= 11 is 0. The lowest BCUT2D eigenvalue weighted by Gasteiger charge is -2.15. The Bertz CT molecular complexity index is 477. The summed E-state index contributed by atoms with van der Waals surface area (Å²) in [5.41, 5.74) is 0.902. The van der Waals surface area contributed by atoms with Crippen LogP contribution in [0.15, 0.2) is 24.4 Å². The number of nitrogens with one attached hydrogen (secondary N) is 1. The normalized spacial score (nSPS) is 15.0. The Labute approximate surface area is 102 Å². The molecule has 0 radical (unpaired) electrons. The van der Waals surface area contributed by atoms with Crippen LogP contribution in [-0.4, -0.2) is 21.1 Å². The molecular formula is C13H20N4. The van der Waals surface area contributed by atoms with E-state index in [1.807, 2.05) is 28.8 Å². The number of hydrogen-bond donors (Lipinski definition) is 1. The van der Waals surface area contributed by atoms with Gasteiger partial charge in [0, 0.05) is 6.20 Å². The molecule has 0 unspecified atom stereocenters. The molecule has 0 aliphatic rings. The van der Waals surface area contributed by atoms with E-state index in [0.717, 1.165) is 18.0 Å². The van der Waals surface area contributed by atoms with Gasteiger partial charge in [-0.15, -0.1) is 10.2 Å². The summed E-state index contributed by atoms with van der Waals surface area (Å²) in [5.74, 6) is 1.67. The minimum Gasteiger partial charge on any atom is -0.307 e. The molecular weight excluding hydrogens is 212 g/mol. The third kappa shape index (κ3) is 2.64. The first-order valence-corrected chi connectivity index (χ1v) is 6.25. The lowest BCUT2D eigenvalue weighted by molar-refractivity contribution is 0.449. The Kier molecular flexibility index (Phi) is 3.74. The predicted molar refractivity (Wildman–Crippen MR) is 68.9 cm³/mol. The van der Waals surface area contributed by atoms with E-state index in [0.29, 0.717) is 5.92 Å². The molecule has 0 aliphatic carbocycles. The zero-order valence-electron chi connectivity index (χ0n) is 10.7. The fourth-order valence-electron chi connectivity index (χ4n) is 1.77. The molecule has 2 aromatic heterocycles. The van der Waals surface area contributed by atoms with Gasteiger partial charge in [-0.1, -0.05) is 26.3 Å². The van der Waals surface area contributed by atoms with Gasteiger partial charge in [0.05, 0.1) is 6.04 Å². The quantitative estimate of drug-likeness (QED) is 0.861. The summed E-state index contributed by atoms with van der Waals surface area (Å²) in [6.07, 6.45) is 3.20. The van der Waals surface area contributed by atoms with Gasteiger partial charge in [0.1, 0.15) is 0 Å². The van der Waals surface area contributed by atoms with Gasteiger partial charge in [0.2, 0.25) is 0 Å². The van der Waals surface area contributed by atoms with Crippen molar-refractivity contribution in [2.45, 2.75) is 33.2 Å². The second-order valence-electron chi connectivity index (χ2n) is 4.63. The number of rotatable bonds is 5. The van der Waals surface area contributed by atoms with Gasteiger partial charge >= 0.3 is 0 Å². The van der Waals surface area contributed by atoms with Crippen molar-refractivity contribution >= 4 is 5.65 Å². The maximum absolute atomic E-state index is 4.25. The lowest BCUT2D eigenvalue weighted by atomic mass is 10.1. The minimum atomic E-state index is 0.224. The van der Waals surface area contributed by atoms with Crippen molar-refractivity contribution in [1.29, 1.82) is 0 Å². The smallest absolute Gasteiger partial charge is 0.160 e. The first-order chi connectivity index (χ1) is 8.22. The molecule has 92 valence electrons. The first-order valence-electron chi connectivity index (χ1n) is 6.25. The van der Waals surface area contributed by atoms with Crippen molar-refractivity contribution in [3.8, 4) is 0 Å². The van der Waals surface area contributed by atoms with Gasteiger partial charge in [-0.2, -0.15) is 0 Å². The SMILES string of the molecule is CC[C@H](C)CN[C@@H](C)c1nnc2ccccn12. The van der Waals surface area contributed by atoms with Crippen molar-refractivity contribution in [2.24, 2.45) is 5.92 Å². The van der Waals surface area contributed by atoms with E-state index < -0.39 is 0 Å². The molecule has 0 spiro atoms. The van der Waals surface area contributed by atoms with Gasteiger partial charge < -0.3 is 5.32 Å². The van der Waals surface area contributed by atoms with Gasteiger partial charge in [0.15, 0.2) is 11.5 Å². The molecule has 0 saturated heterocycles. The van der Waals surface area contributed by atoms with E-state index in [-0.39, 0.29) is 6.04 Å². The largest absolute Gasteiger partial charge is 0.307 e. The van der Waals surface area contributed by atoms with Crippen LogP contribution in [0.25, 0.3) is 5.65 Å². The Hall–Kier alpha value is -1.42. The molecule has 2 heterocycles. The highest BCUT2D eigenvalue weighted by Gasteiger charge is 2.12. The molecule has 4 nitrogen and oxygen atoms in total. The summed E-state index contributed by atoms with van der Waals surface area (Å²) in [7, 11) is 0. The van der Waals surface area contributed by atoms with Crippen LogP contribution in [0.2, 0.25) is 0 Å². The fourth-order valence-corrected chi connectivity index (χ4v) is 1.77. The maximum atomic E-state index is 4.25. The molecule has 0 aromatic carbocycles. The van der Waals surface area contributed by atoms with Crippen LogP contribution in [0.1, 0.15) is 39.1 Å². The molecule has 0 aliphatic heterocycles. The molecule has 2 atom stereocenters. The molecule has 0 fully saturated rings. The molecule has 0 bridgehead atoms. The summed E-state index contributed by atoms with van der Waals surface area (Å²) in [6.45, 7) is 7.61. The van der Waals surface area contributed by atoms with Crippen LogP contribution >= 0.6 is 0 Å². The van der Waals surface area contributed by atoms with E-state index in [9.17, 15) is 0 Å². The highest BCUT2D eigenvalue weighted by Crippen LogP contribution is 2.12. The Morgan fingerprint density at radius 1 is 1.29 bits per heavy atom. The van der Waals surface area contributed by atoms with E-state index in [4.69, 9.17) is 0 Å². The Morgan fingerprint density at radius 2 is 2.12 bits per heavy atom. The predicted octanol–water partition coefficient (Wildman–Crippen LogP) is 2.43. The van der Waals surface area contributed by atoms with E-state index in [1.54, 1.807) is 0 Å². The van der Waals surface area contributed by atoms with Crippen LogP contribution in [0.3, 0.4) is 0 Å². The van der Waals surface area contributed by atoms with Gasteiger partial charge in [0.25, 0.3) is 0 Å². The number of fused-ring (bicyclic) bond motifs is 1. The zero-order valence-corrected chi connectivity index (χ0v) is 10.7. The fraction of sp³-hybridized carbons (Fsp3) is 0.538. The van der Waals surface area contributed by atoms with E-state index in [2.05, 4.69) is 36.3 Å². The highest BCUT2D eigenvalue weighted by molar-refractivity contribution is 5.37. The summed E-state index contributed by atoms with van der Waals surface area (Å²) < 4.78 is 2.04. The van der Waals surface area contributed by atoms with Crippen molar-refractivity contribution in [2.75, 3.05) is 6.54 Å². The van der Waals surface area contributed by atoms with Crippen molar-refractivity contribution < 1.29 is 0 Å². The van der Waals surface area contributed by atoms with Crippen molar-refractivity contribution in [3.05, 3.63) is 30.2 Å². The Morgan fingerprint density at radius 3 is 2.88 bits per heavy atom. The molecule has 17 heavy (non-hydrogen) atoms.